The summed E-state index contributed by atoms with van der Waals surface area (Å²) >= 11 is 0. The van der Waals surface area contributed by atoms with Crippen molar-refractivity contribution in [2.24, 2.45) is 4.99 Å². The first-order valence-electron chi connectivity index (χ1n) is 6.99. The lowest BCUT2D eigenvalue weighted by molar-refractivity contribution is -0.121. The first-order chi connectivity index (χ1) is 10.0. The maximum Gasteiger partial charge on any atom is 0.221 e. The van der Waals surface area contributed by atoms with Crippen LogP contribution in [-0.2, 0) is 11.3 Å². The zero-order valence-electron chi connectivity index (χ0n) is 13.1. The molecule has 0 saturated heterocycles. The Kier molecular flexibility index (Phi) is 10.5. The Morgan fingerprint density at radius 3 is 2.64 bits per heavy atom. The fourth-order valence-corrected chi connectivity index (χ4v) is 1.74. The van der Waals surface area contributed by atoms with Gasteiger partial charge in [-0.15, -0.1) is 24.0 Å². The van der Waals surface area contributed by atoms with Gasteiger partial charge in [0, 0.05) is 32.6 Å². The summed E-state index contributed by atoms with van der Waals surface area (Å²) in [5.74, 6) is 0.317. The Labute approximate surface area is 148 Å². The molecule has 0 radical (unpaired) electrons. The Morgan fingerprint density at radius 2 is 2.05 bits per heavy atom. The van der Waals surface area contributed by atoms with Gasteiger partial charge in [-0.2, -0.15) is 0 Å². The number of aliphatic imine (C=N–C) groups is 1. The Bertz CT molecular complexity index is 494. The number of nitrogens with one attached hydrogen (secondary N) is 3. The largest absolute Gasteiger partial charge is 0.356 e. The van der Waals surface area contributed by atoms with E-state index in [4.69, 9.17) is 0 Å². The van der Waals surface area contributed by atoms with Gasteiger partial charge in [-0.25, -0.2) is 4.39 Å². The van der Waals surface area contributed by atoms with Crippen molar-refractivity contribution in [1.29, 1.82) is 0 Å². The van der Waals surface area contributed by atoms with Crippen LogP contribution in [0.5, 0.6) is 0 Å². The van der Waals surface area contributed by atoms with Gasteiger partial charge in [0.15, 0.2) is 5.96 Å². The molecule has 124 valence electrons. The standard InChI is InChI=1S/C15H23FN4O.HI/c1-11(2)20-14(21)7-8-18-15(17-3)19-10-12-5-4-6-13(16)9-12;/h4-6,9,11H,7-8,10H2,1-3H3,(H,20,21)(H2,17,18,19);1H. The number of hydrogen-bond donors (Lipinski definition) is 3. The first-order valence-corrected chi connectivity index (χ1v) is 6.99. The SMILES string of the molecule is CN=C(NCCC(=O)NC(C)C)NCc1cccc(F)c1.I. The highest BCUT2D eigenvalue weighted by Crippen LogP contribution is 2.02. The molecule has 1 amide bonds. The molecule has 0 aliphatic carbocycles. The van der Waals surface area contributed by atoms with Crippen molar-refractivity contribution in [1.82, 2.24) is 16.0 Å². The van der Waals surface area contributed by atoms with E-state index in [0.717, 1.165) is 5.56 Å². The van der Waals surface area contributed by atoms with Crippen LogP contribution in [0, 0.1) is 5.82 Å². The van der Waals surface area contributed by atoms with Gasteiger partial charge in [0.05, 0.1) is 0 Å². The summed E-state index contributed by atoms with van der Waals surface area (Å²) in [7, 11) is 1.65. The number of carbonyl (C=O) groups excluding carboxylic acids is 1. The molecule has 0 aromatic heterocycles. The Balaban J connectivity index is 0.00000441. The maximum absolute atomic E-state index is 13.1. The summed E-state index contributed by atoms with van der Waals surface area (Å²) < 4.78 is 13.1. The third-order valence-electron chi connectivity index (χ3n) is 2.67. The van der Waals surface area contributed by atoms with Gasteiger partial charge >= 0.3 is 0 Å². The smallest absolute Gasteiger partial charge is 0.221 e. The molecule has 0 aliphatic rings. The fourth-order valence-electron chi connectivity index (χ4n) is 1.74. The van der Waals surface area contributed by atoms with E-state index in [0.29, 0.717) is 25.5 Å². The zero-order chi connectivity index (χ0) is 15.7. The van der Waals surface area contributed by atoms with Crippen molar-refractivity contribution in [3.05, 3.63) is 35.6 Å². The molecule has 1 aromatic rings. The summed E-state index contributed by atoms with van der Waals surface area (Å²) in [4.78, 5) is 15.5. The van der Waals surface area contributed by atoms with Crippen molar-refractivity contribution < 1.29 is 9.18 Å². The van der Waals surface area contributed by atoms with Crippen molar-refractivity contribution in [3.8, 4) is 0 Å². The van der Waals surface area contributed by atoms with E-state index in [1.165, 1.54) is 12.1 Å². The molecule has 7 heteroatoms. The lowest BCUT2D eigenvalue weighted by atomic mass is 10.2. The minimum Gasteiger partial charge on any atom is -0.356 e. The van der Waals surface area contributed by atoms with Crippen LogP contribution in [0.25, 0.3) is 0 Å². The number of nitrogens with zero attached hydrogens (tertiary/aromatic N) is 1. The van der Waals surface area contributed by atoms with E-state index >= 15 is 0 Å². The highest BCUT2D eigenvalue weighted by atomic mass is 127. The molecule has 1 aromatic carbocycles. The summed E-state index contributed by atoms with van der Waals surface area (Å²) in [5.41, 5.74) is 0.829. The van der Waals surface area contributed by atoms with Crippen molar-refractivity contribution in [2.45, 2.75) is 32.9 Å². The quantitative estimate of drug-likeness (QED) is 0.374. The van der Waals surface area contributed by atoms with Crippen molar-refractivity contribution in [2.75, 3.05) is 13.6 Å². The minimum atomic E-state index is -0.261. The number of rotatable bonds is 6. The number of benzene rings is 1. The molecule has 22 heavy (non-hydrogen) atoms. The molecule has 5 nitrogen and oxygen atoms in total. The van der Waals surface area contributed by atoms with Crippen LogP contribution in [0.15, 0.2) is 29.3 Å². The second kappa shape index (κ2) is 11.2. The fraction of sp³-hybridized carbons (Fsp3) is 0.467. The molecule has 0 unspecified atom stereocenters. The summed E-state index contributed by atoms with van der Waals surface area (Å²) in [5, 5.41) is 8.93. The van der Waals surface area contributed by atoms with E-state index in [1.807, 2.05) is 19.9 Å². The lowest BCUT2D eigenvalue weighted by Crippen LogP contribution is -2.39. The van der Waals surface area contributed by atoms with Crippen LogP contribution in [0.1, 0.15) is 25.8 Å². The van der Waals surface area contributed by atoms with Gasteiger partial charge in [0.1, 0.15) is 5.82 Å². The van der Waals surface area contributed by atoms with Crippen molar-refractivity contribution in [3.63, 3.8) is 0 Å². The highest BCUT2D eigenvalue weighted by molar-refractivity contribution is 14.0. The Hall–Kier alpha value is -1.38. The van der Waals surface area contributed by atoms with Gasteiger partial charge < -0.3 is 16.0 Å². The average Bonchev–Trinajstić information content (AvgIpc) is 2.41. The molecule has 0 heterocycles. The van der Waals surface area contributed by atoms with Crippen LogP contribution in [0.4, 0.5) is 4.39 Å². The summed E-state index contributed by atoms with van der Waals surface area (Å²) in [6.45, 7) is 4.80. The number of carbonyl (C=O) groups is 1. The first kappa shape index (κ1) is 20.6. The predicted molar refractivity (Wildman–Crippen MR) is 97.9 cm³/mol. The van der Waals surface area contributed by atoms with Crippen LogP contribution in [0.2, 0.25) is 0 Å². The normalized spacial score (nSPS) is 10.9. The lowest BCUT2D eigenvalue weighted by Gasteiger charge is -2.12. The third kappa shape index (κ3) is 8.81. The molecule has 0 fully saturated rings. The second-order valence-electron chi connectivity index (χ2n) is 4.95. The highest BCUT2D eigenvalue weighted by Gasteiger charge is 2.04. The van der Waals surface area contributed by atoms with Gasteiger partial charge in [-0.3, -0.25) is 9.79 Å². The van der Waals surface area contributed by atoms with Gasteiger partial charge in [0.25, 0.3) is 0 Å². The molecule has 0 atom stereocenters. The number of halogens is 2. The molecule has 0 aliphatic heterocycles. The molecule has 3 N–H and O–H groups in total. The minimum absolute atomic E-state index is 0. The predicted octanol–water partition coefficient (Wildman–Crippen LogP) is 2.02. The van der Waals surface area contributed by atoms with E-state index in [-0.39, 0.29) is 41.7 Å². The Morgan fingerprint density at radius 1 is 1.32 bits per heavy atom. The molecule has 0 bridgehead atoms. The van der Waals surface area contributed by atoms with E-state index in [9.17, 15) is 9.18 Å². The second-order valence-corrected chi connectivity index (χ2v) is 4.95. The molecular formula is C15H24FIN4O. The number of amides is 1. The van der Waals surface area contributed by atoms with Crippen LogP contribution in [0.3, 0.4) is 0 Å². The van der Waals surface area contributed by atoms with E-state index < -0.39 is 0 Å². The third-order valence-corrected chi connectivity index (χ3v) is 2.67. The maximum atomic E-state index is 13.1. The van der Waals surface area contributed by atoms with Crippen LogP contribution < -0.4 is 16.0 Å². The molecule has 1 rings (SSSR count). The van der Waals surface area contributed by atoms with E-state index in [1.54, 1.807) is 13.1 Å². The molecular weight excluding hydrogens is 398 g/mol. The van der Waals surface area contributed by atoms with Crippen molar-refractivity contribution >= 4 is 35.8 Å². The van der Waals surface area contributed by atoms with Crippen LogP contribution >= 0.6 is 24.0 Å². The zero-order valence-corrected chi connectivity index (χ0v) is 15.5. The monoisotopic (exact) mass is 422 g/mol. The number of guanidine groups is 1. The molecule has 0 saturated carbocycles. The van der Waals surface area contributed by atoms with Gasteiger partial charge in [-0.05, 0) is 31.5 Å². The summed E-state index contributed by atoms with van der Waals surface area (Å²) in [6.07, 6.45) is 0.374. The van der Waals surface area contributed by atoms with Crippen LogP contribution in [-0.4, -0.2) is 31.5 Å². The van der Waals surface area contributed by atoms with Gasteiger partial charge in [0.2, 0.25) is 5.91 Å². The topological polar surface area (TPSA) is 65.5 Å². The van der Waals surface area contributed by atoms with E-state index in [2.05, 4.69) is 20.9 Å². The number of hydrogen-bond acceptors (Lipinski definition) is 2. The average molecular weight is 422 g/mol. The molecule has 0 spiro atoms. The summed E-state index contributed by atoms with van der Waals surface area (Å²) in [6, 6.07) is 6.52. The van der Waals surface area contributed by atoms with Gasteiger partial charge in [-0.1, -0.05) is 12.1 Å².